The molecule has 0 aromatic rings. The third-order valence-corrected chi connectivity index (χ3v) is 12.7. The molecule has 0 heterocycles. The lowest BCUT2D eigenvalue weighted by Gasteiger charge is -2.18. The first kappa shape index (κ1) is 73.8. The second-order valence-corrected chi connectivity index (χ2v) is 20.2. The number of hydrogen-bond acceptors (Lipinski definition) is 6. The summed E-state index contributed by atoms with van der Waals surface area (Å²) in [5.74, 6) is -0.971. The van der Waals surface area contributed by atoms with E-state index in [9.17, 15) is 14.4 Å². The normalized spacial score (nSPS) is 13.3. The van der Waals surface area contributed by atoms with Gasteiger partial charge >= 0.3 is 17.9 Å². The molecule has 0 saturated carbocycles. The SMILES string of the molecule is CC/C=C\C/C=C\C/C=C\C/C=C\C/C=C\C/C=C\CCCCCCCCC(=O)OCC(COC(=O)CCCCCCCCC/C=C\C/C=C\C/C=C\CC)OC(=O)CCCCC/C=C\C/C=C\C/C=C\C/C=C\C/C=C\CC. The highest BCUT2D eigenvalue weighted by atomic mass is 16.6. The fourth-order valence-electron chi connectivity index (χ4n) is 8.07. The van der Waals surface area contributed by atoms with Crippen molar-refractivity contribution in [1.29, 1.82) is 0 Å². The van der Waals surface area contributed by atoms with Gasteiger partial charge in [-0.15, -0.1) is 0 Å². The highest BCUT2D eigenvalue weighted by Gasteiger charge is 2.19. The molecule has 0 fully saturated rings. The smallest absolute Gasteiger partial charge is 0.306 e. The molecule has 1 atom stereocenters. The van der Waals surface area contributed by atoms with Crippen molar-refractivity contribution < 1.29 is 28.6 Å². The second-order valence-electron chi connectivity index (χ2n) is 20.2. The first-order valence-corrected chi connectivity index (χ1v) is 31.6. The number of carbonyl (C=O) groups excluding carboxylic acids is 3. The molecule has 442 valence electrons. The van der Waals surface area contributed by atoms with Crippen LogP contribution in [0.1, 0.15) is 252 Å². The van der Waals surface area contributed by atoms with E-state index in [4.69, 9.17) is 14.2 Å². The van der Waals surface area contributed by atoms with Crippen LogP contribution in [0.3, 0.4) is 0 Å². The molecule has 0 bridgehead atoms. The van der Waals surface area contributed by atoms with Crippen LogP contribution in [-0.2, 0) is 28.6 Å². The van der Waals surface area contributed by atoms with Crippen molar-refractivity contribution in [3.63, 3.8) is 0 Å². The zero-order valence-electron chi connectivity index (χ0n) is 50.6. The zero-order chi connectivity index (χ0) is 57.1. The average Bonchev–Trinajstić information content (AvgIpc) is 3.45. The van der Waals surface area contributed by atoms with E-state index in [1.54, 1.807) is 0 Å². The van der Waals surface area contributed by atoms with Crippen molar-refractivity contribution in [2.75, 3.05) is 13.2 Å². The molecule has 0 aliphatic heterocycles. The van der Waals surface area contributed by atoms with Crippen molar-refractivity contribution in [2.24, 2.45) is 0 Å². The summed E-state index contributed by atoms with van der Waals surface area (Å²) in [6, 6.07) is 0. The third kappa shape index (κ3) is 63.5. The summed E-state index contributed by atoms with van der Waals surface area (Å²) in [6.45, 7) is 6.25. The average molecular weight is 1090 g/mol. The molecule has 0 aliphatic carbocycles. The predicted molar refractivity (Wildman–Crippen MR) is 343 cm³/mol. The van der Waals surface area contributed by atoms with Gasteiger partial charge in [0.1, 0.15) is 13.2 Å². The summed E-state index contributed by atoms with van der Waals surface area (Å²) >= 11 is 0. The van der Waals surface area contributed by atoms with E-state index in [1.807, 2.05) is 0 Å². The van der Waals surface area contributed by atoms with Gasteiger partial charge in [0.05, 0.1) is 0 Å². The Hall–Kier alpha value is -5.23. The highest BCUT2D eigenvalue weighted by Crippen LogP contribution is 2.14. The Bertz CT molecular complexity index is 1820. The quantitative estimate of drug-likeness (QED) is 0.0261. The fraction of sp³-hybridized carbons (Fsp3) is 0.575. The summed E-state index contributed by atoms with van der Waals surface area (Å²) in [4.78, 5) is 38.4. The van der Waals surface area contributed by atoms with E-state index in [2.05, 4.69) is 191 Å². The van der Waals surface area contributed by atoms with Gasteiger partial charge in [0.25, 0.3) is 0 Å². The Morgan fingerprint density at radius 1 is 0.253 bits per heavy atom. The molecule has 6 heteroatoms. The van der Waals surface area contributed by atoms with Gasteiger partial charge in [-0.25, -0.2) is 0 Å². The number of rotatable bonds is 55. The summed E-state index contributed by atoms with van der Waals surface area (Å²) in [5, 5.41) is 0. The maximum absolute atomic E-state index is 12.9. The molecule has 0 amide bonds. The van der Waals surface area contributed by atoms with Gasteiger partial charge in [-0.3, -0.25) is 14.4 Å². The zero-order valence-corrected chi connectivity index (χ0v) is 50.6. The largest absolute Gasteiger partial charge is 0.462 e. The van der Waals surface area contributed by atoms with Gasteiger partial charge in [-0.1, -0.05) is 255 Å². The van der Waals surface area contributed by atoms with E-state index in [0.29, 0.717) is 19.3 Å². The van der Waals surface area contributed by atoms with Crippen LogP contribution in [0.5, 0.6) is 0 Å². The summed E-state index contributed by atoms with van der Waals surface area (Å²) < 4.78 is 16.9. The van der Waals surface area contributed by atoms with E-state index in [0.717, 1.165) is 167 Å². The molecular weight excluding hydrogens is 973 g/mol. The molecule has 6 nitrogen and oxygen atoms in total. The van der Waals surface area contributed by atoms with Crippen molar-refractivity contribution in [1.82, 2.24) is 0 Å². The van der Waals surface area contributed by atoms with Crippen LogP contribution >= 0.6 is 0 Å². The summed E-state index contributed by atoms with van der Waals surface area (Å²) in [5.41, 5.74) is 0. The maximum atomic E-state index is 12.9. The molecule has 0 aromatic carbocycles. The Kier molecular flexibility index (Phi) is 61.0. The lowest BCUT2D eigenvalue weighted by Crippen LogP contribution is -2.30. The molecule has 0 aliphatic rings. The number of allylic oxidation sites excluding steroid dienone is 28. The van der Waals surface area contributed by atoms with Crippen LogP contribution in [0, 0.1) is 0 Å². The van der Waals surface area contributed by atoms with Crippen LogP contribution < -0.4 is 0 Å². The van der Waals surface area contributed by atoms with Crippen LogP contribution in [0.25, 0.3) is 0 Å². The Labute approximate surface area is 485 Å². The first-order valence-electron chi connectivity index (χ1n) is 31.6. The van der Waals surface area contributed by atoms with Gasteiger partial charge in [0.2, 0.25) is 0 Å². The standard InChI is InChI=1S/C73H114O6/c1-4-7-10-13-16-19-22-25-28-31-33-34-35-36-37-38-40-42-45-48-51-54-57-60-63-66-72(75)78-69-70(68-77-71(74)65-62-59-56-53-50-47-44-41-30-27-24-21-18-15-12-9-6-3)79-73(76)67-64-61-58-55-52-49-46-43-39-32-29-26-23-20-17-14-11-8-5-2/h7-12,16-21,25-30,33-34,36-37,39-40,42-43,49,52,70H,4-6,13-15,22-24,31-32,35,38,41,44-48,50-51,53-69H2,1-3H3/b10-7-,11-8-,12-9-,19-16-,20-17-,21-18-,28-25-,29-26-,30-27-,34-33-,37-36-,42-40-,43-39-,52-49-. The van der Waals surface area contributed by atoms with Crippen LogP contribution in [0.2, 0.25) is 0 Å². The van der Waals surface area contributed by atoms with Crippen LogP contribution in [0.4, 0.5) is 0 Å². The van der Waals surface area contributed by atoms with Crippen molar-refractivity contribution >= 4 is 17.9 Å². The highest BCUT2D eigenvalue weighted by molar-refractivity contribution is 5.71. The summed E-state index contributed by atoms with van der Waals surface area (Å²) in [7, 11) is 0. The van der Waals surface area contributed by atoms with Gasteiger partial charge in [0, 0.05) is 19.3 Å². The molecule has 0 aromatic heterocycles. The lowest BCUT2D eigenvalue weighted by atomic mass is 10.1. The number of hydrogen-bond donors (Lipinski definition) is 0. The minimum absolute atomic E-state index is 0.110. The van der Waals surface area contributed by atoms with Gasteiger partial charge in [-0.2, -0.15) is 0 Å². The predicted octanol–water partition coefficient (Wildman–Crippen LogP) is 21.9. The van der Waals surface area contributed by atoms with Crippen LogP contribution in [0.15, 0.2) is 170 Å². The van der Waals surface area contributed by atoms with E-state index in [1.165, 1.54) is 38.5 Å². The van der Waals surface area contributed by atoms with E-state index < -0.39 is 6.10 Å². The summed E-state index contributed by atoms with van der Waals surface area (Å²) in [6.07, 6.45) is 96.3. The first-order chi connectivity index (χ1) is 39.0. The number of unbranched alkanes of at least 4 members (excludes halogenated alkanes) is 16. The molecule has 0 rings (SSSR count). The molecule has 0 N–H and O–H groups in total. The third-order valence-electron chi connectivity index (χ3n) is 12.7. The fourth-order valence-corrected chi connectivity index (χ4v) is 8.07. The van der Waals surface area contributed by atoms with Gasteiger partial charge in [-0.05, 0) is 148 Å². The van der Waals surface area contributed by atoms with E-state index in [-0.39, 0.29) is 37.5 Å². The van der Waals surface area contributed by atoms with Crippen molar-refractivity contribution in [3.8, 4) is 0 Å². The Morgan fingerprint density at radius 2 is 0.456 bits per heavy atom. The van der Waals surface area contributed by atoms with Gasteiger partial charge < -0.3 is 14.2 Å². The second kappa shape index (κ2) is 65.3. The number of esters is 3. The van der Waals surface area contributed by atoms with Crippen molar-refractivity contribution in [3.05, 3.63) is 170 Å². The number of carbonyl (C=O) groups is 3. The molecule has 0 saturated heterocycles. The Morgan fingerprint density at radius 3 is 0.722 bits per heavy atom. The molecule has 1 unspecified atom stereocenters. The van der Waals surface area contributed by atoms with E-state index >= 15 is 0 Å². The topological polar surface area (TPSA) is 78.9 Å². The minimum Gasteiger partial charge on any atom is -0.462 e. The minimum atomic E-state index is -0.817. The number of ether oxygens (including phenoxy) is 3. The lowest BCUT2D eigenvalue weighted by molar-refractivity contribution is -0.167. The maximum Gasteiger partial charge on any atom is 0.306 e. The van der Waals surface area contributed by atoms with Gasteiger partial charge in [0.15, 0.2) is 6.10 Å². The molecular formula is C73H114O6. The monoisotopic (exact) mass is 1090 g/mol. The van der Waals surface area contributed by atoms with Crippen LogP contribution in [-0.4, -0.2) is 37.2 Å². The molecule has 0 spiro atoms. The Balaban J connectivity index is 4.51. The molecule has 0 radical (unpaired) electrons. The molecule has 79 heavy (non-hydrogen) atoms. The van der Waals surface area contributed by atoms with Crippen molar-refractivity contribution in [2.45, 2.75) is 258 Å².